The van der Waals surface area contributed by atoms with Crippen LogP contribution in [0.15, 0.2) is 12.4 Å². The summed E-state index contributed by atoms with van der Waals surface area (Å²) >= 11 is 0. The molecule has 102 valence electrons. The Bertz CT molecular complexity index is 493. The summed E-state index contributed by atoms with van der Waals surface area (Å²) in [5.41, 5.74) is 0.288. The Morgan fingerprint density at radius 1 is 1.37 bits per heavy atom. The molecular weight excluding hydrogens is 238 g/mol. The van der Waals surface area contributed by atoms with Gasteiger partial charge in [0.15, 0.2) is 0 Å². The summed E-state index contributed by atoms with van der Waals surface area (Å²) in [6.07, 6.45) is 10.7. The van der Waals surface area contributed by atoms with Crippen LogP contribution in [0.2, 0.25) is 0 Å². The maximum Gasteiger partial charge on any atom is 0.232 e. The number of carbonyl (C=O) groups is 1. The smallest absolute Gasteiger partial charge is 0.232 e. The fourth-order valence-corrected chi connectivity index (χ4v) is 5.56. The molecule has 4 fully saturated rings. The van der Waals surface area contributed by atoms with E-state index in [2.05, 4.69) is 22.2 Å². The van der Waals surface area contributed by atoms with Crippen LogP contribution in [0.3, 0.4) is 0 Å². The van der Waals surface area contributed by atoms with E-state index in [0.29, 0.717) is 11.4 Å². The number of rotatable bonds is 2. The molecule has 4 aliphatic carbocycles. The van der Waals surface area contributed by atoms with Crippen LogP contribution in [-0.4, -0.2) is 15.9 Å². The molecule has 19 heavy (non-hydrogen) atoms. The molecule has 4 bridgehead atoms. The van der Waals surface area contributed by atoms with Crippen molar-refractivity contribution < 1.29 is 4.79 Å². The summed E-state index contributed by atoms with van der Waals surface area (Å²) in [6, 6.07) is 0. The Labute approximate surface area is 113 Å². The standard InChI is InChI=1S/C15H21N3O/c1-14-5-10-4-11(6-14)8-15(7-10,9-14)12(19)18-13-16-2-3-17-13/h2-3,10-11H,4-9H2,1H3,(H2,16,17,18,19). The summed E-state index contributed by atoms with van der Waals surface area (Å²) in [5, 5.41) is 2.99. The number of aromatic nitrogens is 2. The lowest BCUT2D eigenvalue weighted by Crippen LogP contribution is -2.55. The SMILES string of the molecule is CC12CC3CC(C1)CC(C(=O)Nc1ncc[nH]1)(C3)C2. The lowest BCUT2D eigenvalue weighted by atomic mass is 9.44. The molecule has 0 spiro atoms. The Morgan fingerprint density at radius 3 is 2.68 bits per heavy atom. The predicted molar refractivity (Wildman–Crippen MR) is 72.4 cm³/mol. The number of amides is 1. The van der Waals surface area contributed by atoms with Gasteiger partial charge in [-0.05, 0) is 55.8 Å². The molecule has 0 radical (unpaired) electrons. The highest BCUT2D eigenvalue weighted by Crippen LogP contribution is 2.65. The molecule has 2 N–H and O–H groups in total. The molecule has 2 atom stereocenters. The molecule has 5 rings (SSSR count). The maximum atomic E-state index is 12.7. The highest BCUT2D eigenvalue weighted by atomic mass is 16.2. The van der Waals surface area contributed by atoms with E-state index in [9.17, 15) is 4.79 Å². The first-order valence-electron chi connectivity index (χ1n) is 7.38. The minimum absolute atomic E-state index is 0.119. The summed E-state index contributed by atoms with van der Waals surface area (Å²) in [6.45, 7) is 2.39. The number of hydrogen-bond acceptors (Lipinski definition) is 2. The largest absolute Gasteiger partial charge is 0.331 e. The molecule has 1 amide bonds. The fraction of sp³-hybridized carbons (Fsp3) is 0.733. The van der Waals surface area contributed by atoms with Gasteiger partial charge in [-0.2, -0.15) is 0 Å². The van der Waals surface area contributed by atoms with Gasteiger partial charge in [0.25, 0.3) is 0 Å². The van der Waals surface area contributed by atoms with E-state index < -0.39 is 0 Å². The zero-order chi connectivity index (χ0) is 13.1. The summed E-state index contributed by atoms with van der Waals surface area (Å²) in [5.74, 6) is 2.33. The van der Waals surface area contributed by atoms with Crippen LogP contribution in [0.25, 0.3) is 0 Å². The number of anilines is 1. The average molecular weight is 259 g/mol. The van der Waals surface area contributed by atoms with Gasteiger partial charge in [-0.3, -0.25) is 10.1 Å². The Balaban J connectivity index is 1.61. The number of imidazole rings is 1. The van der Waals surface area contributed by atoms with Crippen molar-refractivity contribution in [3.05, 3.63) is 12.4 Å². The van der Waals surface area contributed by atoms with E-state index in [-0.39, 0.29) is 11.3 Å². The van der Waals surface area contributed by atoms with Crippen LogP contribution in [0.1, 0.15) is 45.4 Å². The first-order valence-corrected chi connectivity index (χ1v) is 7.38. The molecule has 0 aliphatic heterocycles. The lowest BCUT2D eigenvalue weighted by Gasteiger charge is -2.60. The van der Waals surface area contributed by atoms with Gasteiger partial charge < -0.3 is 4.98 Å². The minimum Gasteiger partial charge on any atom is -0.331 e. The van der Waals surface area contributed by atoms with Crippen molar-refractivity contribution in [2.75, 3.05) is 5.32 Å². The number of carbonyl (C=O) groups excluding carboxylic acids is 1. The van der Waals surface area contributed by atoms with Gasteiger partial charge in [0.2, 0.25) is 11.9 Å². The van der Waals surface area contributed by atoms with Gasteiger partial charge in [0.05, 0.1) is 5.41 Å². The summed E-state index contributed by atoms with van der Waals surface area (Å²) in [4.78, 5) is 19.8. The third-order valence-electron chi connectivity index (χ3n) is 5.57. The third-order valence-corrected chi connectivity index (χ3v) is 5.57. The van der Waals surface area contributed by atoms with Gasteiger partial charge >= 0.3 is 0 Å². The maximum absolute atomic E-state index is 12.7. The first-order chi connectivity index (χ1) is 9.07. The second-order valence-corrected chi connectivity index (χ2v) is 7.44. The van der Waals surface area contributed by atoms with Crippen molar-refractivity contribution in [1.29, 1.82) is 0 Å². The molecule has 4 saturated carbocycles. The minimum atomic E-state index is -0.119. The van der Waals surface area contributed by atoms with Crippen LogP contribution in [0.5, 0.6) is 0 Å². The molecule has 2 unspecified atom stereocenters. The van der Waals surface area contributed by atoms with Crippen LogP contribution in [-0.2, 0) is 4.79 Å². The van der Waals surface area contributed by atoms with Crippen molar-refractivity contribution >= 4 is 11.9 Å². The highest BCUT2D eigenvalue weighted by Gasteiger charge is 2.58. The number of aromatic amines is 1. The quantitative estimate of drug-likeness (QED) is 0.858. The monoisotopic (exact) mass is 259 g/mol. The van der Waals surface area contributed by atoms with Gasteiger partial charge in [-0.1, -0.05) is 6.92 Å². The predicted octanol–water partition coefficient (Wildman–Crippen LogP) is 2.95. The molecule has 1 heterocycles. The van der Waals surface area contributed by atoms with E-state index in [1.165, 1.54) is 19.3 Å². The van der Waals surface area contributed by atoms with E-state index in [0.717, 1.165) is 31.1 Å². The number of nitrogens with one attached hydrogen (secondary N) is 2. The average Bonchev–Trinajstić information content (AvgIpc) is 2.78. The fourth-order valence-electron chi connectivity index (χ4n) is 5.56. The third kappa shape index (κ3) is 1.72. The van der Waals surface area contributed by atoms with Gasteiger partial charge in [0.1, 0.15) is 0 Å². The van der Waals surface area contributed by atoms with Gasteiger partial charge in [0, 0.05) is 12.4 Å². The number of nitrogens with zero attached hydrogens (tertiary/aromatic N) is 1. The van der Waals surface area contributed by atoms with Crippen molar-refractivity contribution in [3.63, 3.8) is 0 Å². The van der Waals surface area contributed by atoms with Gasteiger partial charge in [-0.15, -0.1) is 0 Å². The Kier molecular flexibility index (Phi) is 2.19. The first kappa shape index (κ1) is 11.5. The zero-order valence-corrected chi connectivity index (χ0v) is 11.4. The van der Waals surface area contributed by atoms with E-state index in [4.69, 9.17) is 0 Å². The summed E-state index contributed by atoms with van der Waals surface area (Å²) in [7, 11) is 0. The number of H-pyrrole nitrogens is 1. The molecule has 4 aliphatic rings. The van der Waals surface area contributed by atoms with Crippen molar-refractivity contribution in [2.45, 2.75) is 45.4 Å². The second-order valence-electron chi connectivity index (χ2n) is 7.44. The van der Waals surface area contributed by atoms with Crippen molar-refractivity contribution in [2.24, 2.45) is 22.7 Å². The normalized spacial score (nSPS) is 43.4. The van der Waals surface area contributed by atoms with Crippen LogP contribution < -0.4 is 5.32 Å². The molecule has 0 aromatic carbocycles. The van der Waals surface area contributed by atoms with Crippen molar-refractivity contribution in [1.82, 2.24) is 9.97 Å². The van der Waals surface area contributed by atoms with Crippen LogP contribution in [0.4, 0.5) is 5.95 Å². The molecule has 4 nitrogen and oxygen atoms in total. The Morgan fingerprint density at radius 2 is 2.11 bits per heavy atom. The lowest BCUT2D eigenvalue weighted by molar-refractivity contribution is -0.149. The van der Waals surface area contributed by atoms with Crippen LogP contribution in [0, 0.1) is 22.7 Å². The van der Waals surface area contributed by atoms with Crippen LogP contribution >= 0.6 is 0 Å². The molecular formula is C15H21N3O. The topological polar surface area (TPSA) is 57.8 Å². The molecule has 0 saturated heterocycles. The van der Waals surface area contributed by atoms with Gasteiger partial charge in [-0.25, -0.2) is 4.98 Å². The van der Waals surface area contributed by atoms with E-state index in [1.54, 1.807) is 12.4 Å². The number of hydrogen-bond donors (Lipinski definition) is 2. The Hall–Kier alpha value is -1.32. The van der Waals surface area contributed by atoms with E-state index in [1.807, 2.05) is 0 Å². The summed E-state index contributed by atoms with van der Waals surface area (Å²) < 4.78 is 0. The second kappa shape index (κ2) is 3.62. The highest BCUT2D eigenvalue weighted by molar-refractivity contribution is 5.94. The molecule has 4 heteroatoms. The molecule has 1 aromatic heterocycles. The van der Waals surface area contributed by atoms with E-state index >= 15 is 0 Å². The molecule has 1 aromatic rings. The zero-order valence-electron chi connectivity index (χ0n) is 11.4. The van der Waals surface area contributed by atoms with Crippen molar-refractivity contribution in [3.8, 4) is 0 Å².